The third kappa shape index (κ3) is 4.88. The van der Waals surface area contributed by atoms with Crippen LogP contribution in [0.15, 0.2) is 58.4 Å². The summed E-state index contributed by atoms with van der Waals surface area (Å²) in [5.41, 5.74) is 9.48. The van der Waals surface area contributed by atoms with Crippen LogP contribution in [0.1, 0.15) is 11.1 Å². The SMILES string of the molecule is CN=Cc1c(N)c(-c2cc(NSNC)ccc2Oc2ccc(C#N)cc2)cn(C)c1=O. The number of rotatable bonds is 7. The van der Waals surface area contributed by atoms with Gasteiger partial charge >= 0.3 is 0 Å². The number of nitrogens with zero attached hydrogens (tertiary/aromatic N) is 3. The zero-order chi connectivity index (χ0) is 22.4. The molecule has 0 fully saturated rings. The van der Waals surface area contributed by atoms with Gasteiger partial charge < -0.3 is 19.8 Å². The molecule has 0 spiro atoms. The smallest absolute Gasteiger partial charge is 0.261 e. The predicted octanol–water partition coefficient (Wildman–Crippen LogP) is 3.54. The van der Waals surface area contributed by atoms with Gasteiger partial charge in [-0.2, -0.15) is 5.26 Å². The summed E-state index contributed by atoms with van der Waals surface area (Å²) in [5.74, 6) is 1.12. The van der Waals surface area contributed by atoms with Crippen molar-refractivity contribution in [2.45, 2.75) is 0 Å². The third-order valence-corrected chi connectivity index (χ3v) is 5.01. The molecule has 0 atom stereocenters. The molecule has 0 aliphatic heterocycles. The first-order valence-corrected chi connectivity index (χ1v) is 10.1. The van der Waals surface area contributed by atoms with E-state index in [1.165, 1.54) is 22.9 Å². The van der Waals surface area contributed by atoms with Gasteiger partial charge in [-0.15, -0.1) is 0 Å². The van der Waals surface area contributed by atoms with Gasteiger partial charge in [-0.1, -0.05) is 0 Å². The van der Waals surface area contributed by atoms with E-state index >= 15 is 0 Å². The number of aliphatic imine (C=N–C) groups is 1. The van der Waals surface area contributed by atoms with E-state index < -0.39 is 0 Å². The number of benzene rings is 2. The van der Waals surface area contributed by atoms with Gasteiger partial charge in [0.25, 0.3) is 5.56 Å². The maximum absolute atomic E-state index is 12.5. The quantitative estimate of drug-likeness (QED) is 0.384. The molecule has 1 aromatic heterocycles. The van der Waals surface area contributed by atoms with E-state index in [1.54, 1.807) is 44.6 Å². The van der Waals surface area contributed by atoms with Crippen LogP contribution in [0.2, 0.25) is 0 Å². The minimum atomic E-state index is -0.235. The third-order valence-electron chi connectivity index (χ3n) is 4.46. The van der Waals surface area contributed by atoms with Crippen molar-refractivity contribution >= 4 is 29.7 Å². The van der Waals surface area contributed by atoms with Gasteiger partial charge in [-0.25, -0.2) is 4.72 Å². The fraction of sp³-hybridized carbons (Fsp3) is 0.136. The highest BCUT2D eigenvalue weighted by molar-refractivity contribution is 7.98. The molecule has 0 aliphatic rings. The lowest BCUT2D eigenvalue weighted by Gasteiger charge is -2.17. The lowest BCUT2D eigenvalue weighted by Crippen LogP contribution is -2.23. The Morgan fingerprint density at radius 3 is 2.61 bits per heavy atom. The van der Waals surface area contributed by atoms with E-state index in [0.717, 1.165) is 5.69 Å². The van der Waals surface area contributed by atoms with Gasteiger partial charge in [0.15, 0.2) is 0 Å². The van der Waals surface area contributed by atoms with Crippen LogP contribution in [0.4, 0.5) is 11.4 Å². The highest BCUT2D eigenvalue weighted by Crippen LogP contribution is 2.38. The van der Waals surface area contributed by atoms with Crippen LogP contribution in [-0.2, 0) is 7.05 Å². The lowest BCUT2D eigenvalue weighted by atomic mass is 10.0. The predicted molar refractivity (Wildman–Crippen MR) is 127 cm³/mol. The summed E-state index contributed by atoms with van der Waals surface area (Å²) in [5, 5.41) is 9.00. The summed E-state index contributed by atoms with van der Waals surface area (Å²) in [6, 6.07) is 14.5. The Morgan fingerprint density at radius 2 is 1.97 bits per heavy atom. The number of aryl methyl sites for hydroxylation is 1. The minimum absolute atomic E-state index is 0.235. The molecule has 1 heterocycles. The molecular formula is C22H22N6O2S. The van der Waals surface area contributed by atoms with Crippen LogP contribution in [0.25, 0.3) is 11.1 Å². The van der Waals surface area contributed by atoms with E-state index in [9.17, 15) is 4.79 Å². The Morgan fingerprint density at radius 1 is 1.23 bits per heavy atom. The summed E-state index contributed by atoms with van der Waals surface area (Å²) in [7, 11) is 5.06. The number of nitrogens with one attached hydrogen (secondary N) is 2. The molecule has 0 radical (unpaired) electrons. The number of aromatic nitrogens is 1. The number of nitrogens with two attached hydrogens (primary N) is 1. The van der Waals surface area contributed by atoms with Crippen LogP contribution in [0.5, 0.6) is 11.5 Å². The monoisotopic (exact) mass is 434 g/mol. The summed E-state index contributed by atoms with van der Waals surface area (Å²) in [6.07, 6.45) is 3.14. The van der Waals surface area contributed by atoms with Crippen molar-refractivity contribution in [1.82, 2.24) is 9.29 Å². The van der Waals surface area contributed by atoms with Crippen molar-refractivity contribution < 1.29 is 4.74 Å². The molecule has 3 rings (SSSR count). The lowest BCUT2D eigenvalue weighted by molar-refractivity contribution is 0.484. The van der Waals surface area contributed by atoms with Crippen molar-refractivity contribution in [2.75, 3.05) is 24.6 Å². The van der Waals surface area contributed by atoms with Gasteiger partial charge in [0.2, 0.25) is 0 Å². The van der Waals surface area contributed by atoms with E-state index in [2.05, 4.69) is 20.5 Å². The van der Waals surface area contributed by atoms with Crippen LogP contribution in [-0.4, -0.2) is 24.9 Å². The molecule has 0 bridgehead atoms. The molecule has 0 amide bonds. The Kier molecular flexibility index (Phi) is 6.97. The summed E-state index contributed by atoms with van der Waals surface area (Å²) < 4.78 is 13.7. The van der Waals surface area contributed by atoms with E-state index in [4.69, 9.17) is 15.7 Å². The number of nitrogen functional groups attached to an aromatic ring is 1. The zero-order valence-corrected chi connectivity index (χ0v) is 18.2. The van der Waals surface area contributed by atoms with Gasteiger partial charge in [-0.3, -0.25) is 9.79 Å². The van der Waals surface area contributed by atoms with Gasteiger partial charge in [0, 0.05) is 55.5 Å². The second-order valence-electron chi connectivity index (χ2n) is 6.53. The number of nitriles is 1. The topological polar surface area (TPSA) is 117 Å². The Hall–Kier alpha value is -3.74. The zero-order valence-electron chi connectivity index (χ0n) is 17.3. The van der Waals surface area contributed by atoms with E-state index in [0.29, 0.717) is 39.4 Å². The molecule has 4 N–H and O–H groups in total. The van der Waals surface area contributed by atoms with Crippen LogP contribution < -0.4 is 25.5 Å². The molecule has 3 aromatic rings. The summed E-state index contributed by atoms with van der Waals surface area (Å²) in [4.78, 5) is 16.5. The van der Waals surface area contributed by atoms with Gasteiger partial charge in [0.05, 0.1) is 22.9 Å². The molecule has 0 unspecified atom stereocenters. The first-order chi connectivity index (χ1) is 15.0. The maximum Gasteiger partial charge on any atom is 0.261 e. The molecule has 9 heteroatoms. The van der Waals surface area contributed by atoms with E-state index in [1.807, 2.05) is 25.2 Å². The van der Waals surface area contributed by atoms with Crippen molar-refractivity contribution in [3.8, 4) is 28.7 Å². The Labute approximate surface area is 184 Å². The largest absolute Gasteiger partial charge is 0.457 e. The molecule has 158 valence electrons. The molecule has 8 nitrogen and oxygen atoms in total. The van der Waals surface area contributed by atoms with Crippen molar-refractivity contribution in [1.29, 1.82) is 5.26 Å². The average molecular weight is 435 g/mol. The maximum atomic E-state index is 12.5. The summed E-state index contributed by atoms with van der Waals surface area (Å²) in [6.45, 7) is 0. The van der Waals surface area contributed by atoms with Crippen molar-refractivity contribution in [2.24, 2.45) is 12.0 Å². The fourth-order valence-electron chi connectivity index (χ4n) is 2.97. The van der Waals surface area contributed by atoms with Crippen molar-refractivity contribution in [3.05, 3.63) is 70.1 Å². The van der Waals surface area contributed by atoms with Crippen molar-refractivity contribution in [3.63, 3.8) is 0 Å². The number of hydrogen-bond acceptors (Lipinski definition) is 8. The molecule has 0 saturated heterocycles. The van der Waals surface area contributed by atoms with Gasteiger partial charge in [-0.05, 0) is 49.5 Å². The molecule has 0 aliphatic carbocycles. The average Bonchev–Trinajstić information content (AvgIpc) is 2.79. The second kappa shape index (κ2) is 9.84. The first kappa shape index (κ1) is 22.0. The molecule has 31 heavy (non-hydrogen) atoms. The standard InChI is InChI=1S/C22H22N6O2S/c1-25-12-18-21(24)19(13-28(3)22(18)29)17-10-15(27-31-26-2)6-9-20(17)30-16-7-4-14(11-23)5-8-16/h4-10,12-13,26-27H,24H2,1-3H3. The second-order valence-corrected chi connectivity index (χ2v) is 7.35. The number of hydrogen-bond donors (Lipinski definition) is 3. The molecule has 0 saturated carbocycles. The number of pyridine rings is 1. The Balaban J connectivity index is 2.16. The fourth-order valence-corrected chi connectivity index (χ4v) is 3.31. The Bertz CT molecular complexity index is 1210. The van der Waals surface area contributed by atoms with Crippen LogP contribution >= 0.6 is 12.1 Å². The van der Waals surface area contributed by atoms with E-state index in [-0.39, 0.29) is 5.56 Å². The summed E-state index contributed by atoms with van der Waals surface area (Å²) >= 11 is 1.32. The first-order valence-electron chi connectivity index (χ1n) is 9.30. The minimum Gasteiger partial charge on any atom is -0.457 e. The van der Waals surface area contributed by atoms with Crippen LogP contribution in [0.3, 0.4) is 0 Å². The highest BCUT2D eigenvalue weighted by atomic mass is 32.2. The highest BCUT2D eigenvalue weighted by Gasteiger charge is 2.17. The van der Waals surface area contributed by atoms with Crippen LogP contribution in [0, 0.1) is 11.3 Å². The van der Waals surface area contributed by atoms with Gasteiger partial charge in [0.1, 0.15) is 11.5 Å². The number of anilines is 2. The number of ether oxygens (including phenoxy) is 1. The molecular weight excluding hydrogens is 412 g/mol. The molecule has 2 aromatic carbocycles. The normalized spacial score (nSPS) is 10.8.